The van der Waals surface area contributed by atoms with Crippen LogP contribution < -0.4 is 30.2 Å². The Labute approximate surface area is 189 Å². The second-order valence-corrected chi connectivity index (χ2v) is 6.78. The van der Waals surface area contributed by atoms with Crippen molar-refractivity contribution < 1.29 is 33.4 Å². The molecular formula is C23H23N3O7. The number of amides is 5. The van der Waals surface area contributed by atoms with E-state index in [1.807, 2.05) is 6.92 Å². The lowest BCUT2D eigenvalue weighted by molar-refractivity contribution is -0.123. The first kappa shape index (κ1) is 23.3. The minimum Gasteiger partial charge on any atom is -0.494 e. The zero-order valence-corrected chi connectivity index (χ0v) is 18.1. The Morgan fingerprint density at radius 3 is 2.30 bits per heavy atom. The minimum atomic E-state index is -0.850. The summed E-state index contributed by atoms with van der Waals surface area (Å²) >= 11 is 0. The molecule has 10 nitrogen and oxygen atoms in total. The predicted molar refractivity (Wildman–Crippen MR) is 119 cm³/mol. The van der Waals surface area contributed by atoms with E-state index in [4.69, 9.17) is 19.9 Å². The van der Waals surface area contributed by atoms with Gasteiger partial charge in [-0.1, -0.05) is 6.07 Å². The Morgan fingerprint density at radius 2 is 1.67 bits per heavy atom. The summed E-state index contributed by atoms with van der Waals surface area (Å²) in [6.45, 7) is 4.06. The second kappa shape index (κ2) is 10.3. The van der Waals surface area contributed by atoms with Crippen LogP contribution in [0.3, 0.4) is 0 Å². The normalized spacial score (nSPS) is 14.8. The van der Waals surface area contributed by atoms with Crippen molar-refractivity contribution in [3.8, 4) is 17.2 Å². The molecule has 2 aromatic carbocycles. The van der Waals surface area contributed by atoms with Crippen molar-refractivity contribution in [3.63, 3.8) is 0 Å². The summed E-state index contributed by atoms with van der Waals surface area (Å²) in [5, 5.41) is 2.17. The highest BCUT2D eigenvalue weighted by Crippen LogP contribution is 2.30. The molecule has 1 heterocycles. The topological polar surface area (TPSA) is 137 Å². The number of rotatable bonds is 9. The van der Waals surface area contributed by atoms with Gasteiger partial charge in [-0.3, -0.25) is 19.7 Å². The van der Waals surface area contributed by atoms with Gasteiger partial charge >= 0.3 is 6.03 Å². The zero-order chi connectivity index (χ0) is 24.0. The van der Waals surface area contributed by atoms with Gasteiger partial charge in [-0.25, -0.2) is 9.69 Å². The van der Waals surface area contributed by atoms with Crippen molar-refractivity contribution in [3.05, 3.63) is 53.6 Å². The summed E-state index contributed by atoms with van der Waals surface area (Å²) < 4.78 is 16.2. The van der Waals surface area contributed by atoms with Crippen molar-refractivity contribution in [2.45, 2.75) is 13.8 Å². The van der Waals surface area contributed by atoms with Crippen molar-refractivity contribution in [1.29, 1.82) is 0 Å². The molecule has 172 valence electrons. The lowest BCUT2D eigenvalue weighted by Gasteiger charge is -2.26. The molecule has 0 bridgehead atoms. The van der Waals surface area contributed by atoms with E-state index in [0.717, 1.165) is 4.90 Å². The number of carbonyl (C=O) groups is 4. The van der Waals surface area contributed by atoms with Gasteiger partial charge in [-0.05, 0) is 61.9 Å². The van der Waals surface area contributed by atoms with E-state index in [1.54, 1.807) is 43.3 Å². The van der Waals surface area contributed by atoms with Crippen LogP contribution in [-0.4, -0.2) is 43.6 Å². The zero-order valence-electron chi connectivity index (χ0n) is 18.1. The fraction of sp³-hybridized carbons (Fsp3) is 0.217. The monoisotopic (exact) mass is 453 g/mol. The molecule has 0 unspecified atom stereocenters. The third-order valence-electron chi connectivity index (χ3n) is 4.46. The number of barbiturate groups is 1. The molecule has 0 aliphatic carbocycles. The van der Waals surface area contributed by atoms with E-state index in [0.29, 0.717) is 30.3 Å². The predicted octanol–water partition coefficient (Wildman–Crippen LogP) is 2.01. The number of carbonyl (C=O) groups excluding carboxylic acids is 4. The smallest absolute Gasteiger partial charge is 0.335 e. The SMILES string of the molecule is CCOc1ccc(N2C(=O)NC(=O)/C(=C\c3ccc(OCC(N)=O)c(OCC)c3)C2=O)cc1. The van der Waals surface area contributed by atoms with Crippen molar-refractivity contribution in [1.82, 2.24) is 5.32 Å². The molecule has 1 saturated heterocycles. The molecule has 0 aromatic heterocycles. The maximum absolute atomic E-state index is 13.1. The number of urea groups is 1. The third kappa shape index (κ3) is 5.48. The summed E-state index contributed by atoms with van der Waals surface area (Å²) in [7, 11) is 0. The van der Waals surface area contributed by atoms with Gasteiger partial charge in [0.2, 0.25) is 0 Å². The van der Waals surface area contributed by atoms with E-state index in [1.165, 1.54) is 12.1 Å². The van der Waals surface area contributed by atoms with Crippen LogP contribution >= 0.6 is 0 Å². The van der Waals surface area contributed by atoms with E-state index in [-0.39, 0.29) is 23.6 Å². The van der Waals surface area contributed by atoms with Crippen LogP contribution in [0.4, 0.5) is 10.5 Å². The average molecular weight is 453 g/mol. The molecule has 2 aromatic rings. The molecule has 0 atom stereocenters. The third-order valence-corrected chi connectivity index (χ3v) is 4.46. The maximum Gasteiger partial charge on any atom is 0.335 e. The molecule has 10 heteroatoms. The molecule has 1 aliphatic rings. The fourth-order valence-corrected chi connectivity index (χ4v) is 3.07. The molecule has 1 aliphatic heterocycles. The number of nitrogens with one attached hydrogen (secondary N) is 1. The molecule has 0 saturated carbocycles. The van der Waals surface area contributed by atoms with Gasteiger partial charge in [0.15, 0.2) is 18.1 Å². The van der Waals surface area contributed by atoms with Gasteiger partial charge in [-0.2, -0.15) is 0 Å². The quantitative estimate of drug-likeness (QED) is 0.438. The summed E-state index contributed by atoms with van der Waals surface area (Å²) in [5.41, 5.74) is 5.60. The lowest BCUT2D eigenvalue weighted by atomic mass is 10.1. The largest absolute Gasteiger partial charge is 0.494 e. The van der Waals surface area contributed by atoms with Crippen LogP contribution in [0.15, 0.2) is 48.0 Å². The molecule has 0 radical (unpaired) electrons. The van der Waals surface area contributed by atoms with Crippen LogP contribution in [0.5, 0.6) is 17.2 Å². The van der Waals surface area contributed by atoms with Crippen LogP contribution in [0, 0.1) is 0 Å². The molecule has 3 rings (SSSR count). The number of benzene rings is 2. The summed E-state index contributed by atoms with van der Waals surface area (Å²) in [4.78, 5) is 49.7. The summed E-state index contributed by atoms with van der Waals surface area (Å²) in [6, 6.07) is 10.1. The van der Waals surface area contributed by atoms with Gasteiger partial charge in [0.1, 0.15) is 11.3 Å². The number of primary amides is 1. The van der Waals surface area contributed by atoms with Gasteiger partial charge in [0.25, 0.3) is 17.7 Å². The Morgan fingerprint density at radius 1 is 0.970 bits per heavy atom. The molecule has 0 spiro atoms. The van der Waals surface area contributed by atoms with Crippen molar-refractivity contribution in [2.75, 3.05) is 24.7 Å². The van der Waals surface area contributed by atoms with Gasteiger partial charge in [-0.15, -0.1) is 0 Å². The highest BCUT2D eigenvalue weighted by molar-refractivity contribution is 6.39. The number of imide groups is 2. The van der Waals surface area contributed by atoms with Gasteiger partial charge in [0, 0.05) is 0 Å². The molecule has 1 fully saturated rings. The summed E-state index contributed by atoms with van der Waals surface area (Å²) in [5.74, 6) is -1.08. The fourth-order valence-electron chi connectivity index (χ4n) is 3.07. The van der Waals surface area contributed by atoms with Crippen LogP contribution in [0.25, 0.3) is 6.08 Å². The van der Waals surface area contributed by atoms with E-state index < -0.39 is 23.8 Å². The van der Waals surface area contributed by atoms with E-state index >= 15 is 0 Å². The molecule has 5 amide bonds. The molecular weight excluding hydrogens is 430 g/mol. The Kier molecular flexibility index (Phi) is 7.29. The number of hydrogen-bond donors (Lipinski definition) is 2. The minimum absolute atomic E-state index is 0.239. The van der Waals surface area contributed by atoms with E-state index in [9.17, 15) is 19.2 Å². The second-order valence-electron chi connectivity index (χ2n) is 6.78. The first-order chi connectivity index (χ1) is 15.8. The summed E-state index contributed by atoms with van der Waals surface area (Å²) in [6.07, 6.45) is 1.34. The van der Waals surface area contributed by atoms with Gasteiger partial charge in [0.05, 0.1) is 18.9 Å². The van der Waals surface area contributed by atoms with Crippen LogP contribution in [0.2, 0.25) is 0 Å². The van der Waals surface area contributed by atoms with Crippen LogP contribution in [0.1, 0.15) is 19.4 Å². The Bertz CT molecular complexity index is 1110. The average Bonchev–Trinajstić information content (AvgIpc) is 2.77. The van der Waals surface area contributed by atoms with Crippen molar-refractivity contribution >= 4 is 35.5 Å². The molecule has 33 heavy (non-hydrogen) atoms. The number of anilines is 1. The first-order valence-electron chi connectivity index (χ1n) is 10.2. The maximum atomic E-state index is 13.1. The lowest BCUT2D eigenvalue weighted by Crippen LogP contribution is -2.54. The Balaban J connectivity index is 1.92. The van der Waals surface area contributed by atoms with Crippen LogP contribution in [-0.2, 0) is 14.4 Å². The van der Waals surface area contributed by atoms with E-state index in [2.05, 4.69) is 5.32 Å². The standard InChI is InChI=1S/C23H23N3O7/c1-3-31-16-8-6-15(7-9-16)26-22(29)17(21(28)25-23(26)30)11-14-5-10-18(33-13-20(24)27)19(12-14)32-4-2/h5-12H,3-4,13H2,1-2H3,(H2,24,27)(H,25,28,30)/b17-11+. The number of ether oxygens (including phenoxy) is 3. The highest BCUT2D eigenvalue weighted by atomic mass is 16.5. The van der Waals surface area contributed by atoms with Gasteiger partial charge < -0.3 is 19.9 Å². The highest BCUT2D eigenvalue weighted by Gasteiger charge is 2.36. The first-order valence-corrected chi connectivity index (χ1v) is 10.2. The number of nitrogens with two attached hydrogens (primary N) is 1. The number of nitrogens with zero attached hydrogens (tertiary/aromatic N) is 1. The Hall–Kier alpha value is -4.34. The number of hydrogen-bond acceptors (Lipinski definition) is 7. The van der Waals surface area contributed by atoms with Crippen molar-refractivity contribution in [2.24, 2.45) is 5.73 Å². The molecule has 3 N–H and O–H groups in total.